The Morgan fingerprint density at radius 1 is 1.32 bits per heavy atom. The van der Waals surface area contributed by atoms with Crippen molar-refractivity contribution in [2.24, 2.45) is 0 Å². The van der Waals surface area contributed by atoms with Crippen LogP contribution in [0.25, 0.3) is 0 Å². The minimum absolute atomic E-state index is 0.0896. The SMILES string of the molecule is CN(C(=O)C1CSCN1S(=O)(=O)c1ccc(Br)cc1)C1CC1. The fourth-order valence-electron chi connectivity index (χ4n) is 2.48. The van der Waals surface area contributed by atoms with Crippen LogP contribution in [0, 0.1) is 0 Å². The lowest BCUT2D eigenvalue weighted by molar-refractivity contribution is -0.133. The Labute approximate surface area is 143 Å². The van der Waals surface area contributed by atoms with Crippen LogP contribution in [-0.2, 0) is 14.8 Å². The van der Waals surface area contributed by atoms with E-state index in [-0.39, 0.29) is 16.8 Å². The van der Waals surface area contributed by atoms with Gasteiger partial charge in [0, 0.05) is 23.3 Å². The van der Waals surface area contributed by atoms with Gasteiger partial charge in [-0.1, -0.05) is 15.9 Å². The van der Waals surface area contributed by atoms with Crippen molar-refractivity contribution in [3.05, 3.63) is 28.7 Å². The van der Waals surface area contributed by atoms with E-state index in [1.54, 1.807) is 36.2 Å². The average molecular weight is 405 g/mol. The molecule has 1 aromatic carbocycles. The Kier molecular flexibility index (Phi) is 4.55. The molecule has 0 spiro atoms. The first-order valence-electron chi connectivity index (χ1n) is 7.03. The number of carbonyl (C=O) groups excluding carboxylic acids is 1. The summed E-state index contributed by atoms with van der Waals surface area (Å²) >= 11 is 4.78. The van der Waals surface area contributed by atoms with Crippen LogP contribution in [-0.4, -0.2) is 54.3 Å². The molecule has 1 heterocycles. The molecule has 5 nitrogen and oxygen atoms in total. The molecule has 22 heavy (non-hydrogen) atoms. The van der Waals surface area contributed by atoms with Crippen molar-refractivity contribution in [3.63, 3.8) is 0 Å². The zero-order valence-corrected chi connectivity index (χ0v) is 15.3. The maximum absolute atomic E-state index is 12.8. The van der Waals surface area contributed by atoms with E-state index in [1.165, 1.54) is 16.1 Å². The molecule has 0 N–H and O–H groups in total. The van der Waals surface area contributed by atoms with Gasteiger partial charge in [0.25, 0.3) is 0 Å². The third-order valence-corrected chi connectivity index (χ3v) is 7.56. The molecule has 1 aliphatic carbocycles. The Balaban J connectivity index is 1.85. The van der Waals surface area contributed by atoms with Gasteiger partial charge in [0.2, 0.25) is 15.9 Å². The van der Waals surface area contributed by atoms with Crippen molar-refractivity contribution in [1.29, 1.82) is 0 Å². The summed E-state index contributed by atoms with van der Waals surface area (Å²) in [6, 6.07) is 6.22. The highest BCUT2D eigenvalue weighted by atomic mass is 79.9. The fraction of sp³-hybridized carbons (Fsp3) is 0.500. The summed E-state index contributed by atoms with van der Waals surface area (Å²) < 4.78 is 27.7. The summed E-state index contributed by atoms with van der Waals surface area (Å²) in [6.07, 6.45) is 2.03. The monoisotopic (exact) mass is 404 g/mol. The van der Waals surface area contributed by atoms with E-state index >= 15 is 0 Å². The number of sulfonamides is 1. The second-order valence-electron chi connectivity index (χ2n) is 5.54. The summed E-state index contributed by atoms with van der Waals surface area (Å²) in [5.41, 5.74) is 0. The summed E-state index contributed by atoms with van der Waals surface area (Å²) in [7, 11) is -1.87. The van der Waals surface area contributed by atoms with Gasteiger partial charge < -0.3 is 4.90 Å². The minimum atomic E-state index is -3.64. The molecule has 1 amide bonds. The molecule has 0 bridgehead atoms. The Morgan fingerprint density at radius 3 is 2.55 bits per heavy atom. The van der Waals surface area contributed by atoms with Gasteiger partial charge in [-0.2, -0.15) is 4.31 Å². The van der Waals surface area contributed by atoms with E-state index < -0.39 is 16.1 Å². The minimum Gasteiger partial charge on any atom is -0.341 e. The normalized spacial score (nSPS) is 22.7. The zero-order chi connectivity index (χ0) is 15.9. The summed E-state index contributed by atoms with van der Waals surface area (Å²) in [4.78, 5) is 14.5. The zero-order valence-electron chi connectivity index (χ0n) is 12.1. The molecule has 1 saturated heterocycles. The largest absolute Gasteiger partial charge is 0.341 e. The van der Waals surface area contributed by atoms with Crippen molar-refractivity contribution in [1.82, 2.24) is 9.21 Å². The standard InChI is InChI=1S/C14H17BrN2O3S2/c1-16(11-4-5-11)14(18)13-8-21-9-17(13)22(19,20)12-6-2-10(15)3-7-12/h2-3,6-7,11,13H,4-5,8-9H2,1H3. The molecule has 1 aromatic rings. The van der Waals surface area contributed by atoms with E-state index in [1.807, 2.05) is 0 Å². The topological polar surface area (TPSA) is 57.7 Å². The second kappa shape index (κ2) is 6.14. The lowest BCUT2D eigenvalue weighted by Gasteiger charge is -2.26. The van der Waals surface area contributed by atoms with Gasteiger partial charge in [-0.15, -0.1) is 11.8 Å². The molecule has 2 fully saturated rings. The van der Waals surface area contributed by atoms with Crippen molar-refractivity contribution >= 4 is 43.6 Å². The van der Waals surface area contributed by atoms with E-state index in [0.717, 1.165) is 17.3 Å². The van der Waals surface area contributed by atoms with Crippen LogP contribution in [0.5, 0.6) is 0 Å². The van der Waals surface area contributed by atoms with Crippen LogP contribution in [0.3, 0.4) is 0 Å². The van der Waals surface area contributed by atoms with Crippen molar-refractivity contribution < 1.29 is 13.2 Å². The molecule has 8 heteroatoms. The smallest absolute Gasteiger partial charge is 0.244 e. The van der Waals surface area contributed by atoms with E-state index in [2.05, 4.69) is 15.9 Å². The van der Waals surface area contributed by atoms with Crippen LogP contribution in [0.2, 0.25) is 0 Å². The van der Waals surface area contributed by atoms with Gasteiger partial charge in [-0.25, -0.2) is 8.42 Å². The Bertz CT molecular complexity index is 674. The average Bonchev–Trinajstić information content (AvgIpc) is 3.22. The number of benzene rings is 1. The number of nitrogens with zero attached hydrogens (tertiary/aromatic N) is 2. The predicted molar refractivity (Wildman–Crippen MR) is 90.1 cm³/mol. The molecule has 3 rings (SSSR count). The molecule has 0 aromatic heterocycles. The number of rotatable bonds is 4. The van der Waals surface area contributed by atoms with Crippen molar-refractivity contribution in [2.75, 3.05) is 18.7 Å². The van der Waals surface area contributed by atoms with Gasteiger partial charge in [0.15, 0.2) is 0 Å². The molecule has 1 saturated carbocycles. The van der Waals surface area contributed by atoms with Crippen LogP contribution in [0.4, 0.5) is 0 Å². The number of hydrogen-bond acceptors (Lipinski definition) is 4. The first kappa shape index (κ1) is 16.3. The van der Waals surface area contributed by atoms with Gasteiger partial charge in [0.1, 0.15) is 6.04 Å². The van der Waals surface area contributed by atoms with Crippen molar-refractivity contribution in [2.45, 2.75) is 29.8 Å². The highest BCUT2D eigenvalue weighted by Crippen LogP contribution is 2.32. The van der Waals surface area contributed by atoms with Crippen LogP contribution >= 0.6 is 27.7 Å². The van der Waals surface area contributed by atoms with E-state index in [4.69, 9.17) is 0 Å². The van der Waals surface area contributed by atoms with E-state index in [0.29, 0.717) is 11.6 Å². The lowest BCUT2D eigenvalue weighted by atomic mass is 10.3. The number of likely N-dealkylation sites (N-methyl/N-ethyl adjacent to an activating group) is 1. The summed E-state index contributed by atoms with van der Waals surface area (Å²) in [6.45, 7) is 0. The van der Waals surface area contributed by atoms with Gasteiger partial charge in [0.05, 0.1) is 10.8 Å². The van der Waals surface area contributed by atoms with Crippen LogP contribution in [0.1, 0.15) is 12.8 Å². The van der Waals surface area contributed by atoms with E-state index in [9.17, 15) is 13.2 Å². The number of halogens is 1. The summed E-state index contributed by atoms with van der Waals surface area (Å²) in [5, 5.41) is 0. The molecular formula is C14H17BrN2O3S2. The van der Waals surface area contributed by atoms with Gasteiger partial charge in [-0.05, 0) is 37.1 Å². The Hall–Kier alpha value is -0.570. The number of thioether (sulfide) groups is 1. The first-order valence-corrected chi connectivity index (χ1v) is 10.4. The lowest BCUT2D eigenvalue weighted by Crippen LogP contribution is -2.48. The number of hydrogen-bond donors (Lipinski definition) is 0. The third-order valence-electron chi connectivity index (χ3n) is 3.99. The first-order chi connectivity index (χ1) is 10.4. The maximum atomic E-state index is 12.8. The molecule has 1 atom stereocenters. The van der Waals surface area contributed by atoms with Crippen molar-refractivity contribution in [3.8, 4) is 0 Å². The highest BCUT2D eigenvalue weighted by Gasteiger charge is 2.43. The van der Waals surface area contributed by atoms with Gasteiger partial charge >= 0.3 is 0 Å². The van der Waals surface area contributed by atoms with Gasteiger partial charge in [-0.3, -0.25) is 4.79 Å². The molecule has 1 unspecified atom stereocenters. The predicted octanol–water partition coefficient (Wildman–Crippen LogP) is 2.13. The molecule has 0 radical (unpaired) electrons. The maximum Gasteiger partial charge on any atom is 0.244 e. The fourth-order valence-corrected chi connectivity index (χ4v) is 5.88. The van der Waals surface area contributed by atoms with Crippen LogP contribution < -0.4 is 0 Å². The quantitative estimate of drug-likeness (QED) is 0.770. The molecular weight excluding hydrogens is 388 g/mol. The second-order valence-corrected chi connectivity index (χ2v) is 9.35. The number of carbonyl (C=O) groups is 1. The Morgan fingerprint density at radius 2 is 1.95 bits per heavy atom. The molecule has 120 valence electrons. The highest BCUT2D eigenvalue weighted by molar-refractivity contribution is 9.10. The number of amides is 1. The van der Waals surface area contributed by atoms with Crippen LogP contribution in [0.15, 0.2) is 33.6 Å². The molecule has 2 aliphatic rings. The summed E-state index contributed by atoms with van der Waals surface area (Å²) in [5.74, 6) is 0.757. The third kappa shape index (κ3) is 3.06. The molecule has 1 aliphatic heterocycles.